The van der Waals surface area contributed by atoms with Crippen molar-refractivity contribution >= 4 is 28.3 Å². The highest BCUT2D eigenvalue weighted by molar-refractivity contribution is 5.99. The van der Waals surface area contributed by atoms with Crippen molar-refractivity contribution < 1.29 is 23.9 Å². The number of hydrogen-bond acceptors (Lipinski definition) is 7. The van der Waals surface area contributed by atoms with Crippen LogP contribution in [0.4, 0.5) is 10.1 Å². The van der Waals surface area contributed by atoms with E-state index in [0.717, 1.165) is 30.2 Å². The number of aromatic nitrogens is 1. The number of halogens is 1. The predicted octanol–water partition coefficient (Wildman–Crippen LogP) is 3.55. The van der Waals surface area contributed by atoms with Gasteiger partial charge < -0.3 is 29.5 Å². The van der Waals surface area contributed by atoms with Gasteiger partial charge in [0.15, 0.2) is 11.6 Å². The van der Waals surface area contributed by atoms with Crippen LogP contribution in [-0.4, -0.2) is 53.6 Å². The van der Waals surface area contributed by atoms with Crippen LogP contribution in [0.2, 0.25) is 0 Å². The number of benzene rings is 2. The lowest BCUT2D eigenvalue weighted by Crippen LogP contribution is -2.31. The molecule has 38 heavy (non-hydrogen) atoms. The number of ether oxygens (including phenoxy) is 1. The molecule has 1 aliphatic carbocycles. The van der Waals surface area contributed by atoms with Crippen LogP contribution in [0.25, 0.3) is 10.9 Å². The number of hydrogen-bond donors (Lipinski definition) is 2. The topological polar surface area (TPSA) is 105 Å². The average molecular weight is 521 g/mol. The van der Waals surface area contributed by atoms with Crippen LogP contribution >= 0.6 is 0 Å². The fourth-order valence-electron chi connectivity index (χ4n) is 5.24. The van der Waals surface area contributed by atoms with Gasteiger partial charge in [-0.2, -0.15) is 0 Å². The SMILES string of the molecule is C[C@H]1COc2c(N3C/C(=N/OCc4ccccc4)C(CNC4CC4)C3)c(F)cc3c(=O)c(C(=O)O)cn1c23. The van der Waals surface area contributed by atoms with Crippen LogP contribution in [0, 0.1) is 11.7 Å². The average Bonchev–Trinajstić information content (AvgIpc) is 3.65. The second kappa shape index (κ2) is 9.75. The van der Waals surface area contributed by atoms with Gasteiger partial charge in [0.25, 0.3) is 0 Å². The summed E-state index contributed by atoms with van der Waals surface area (Å²) in [6, 6.07) is 11.2. The zero-order valence-electron chi connectivity index (χ0n) is 21.0. The number of anilines is 1. The van der Waals surface area contributed by atoms with Crippen molar-refractivity contribution in [3.8, 4) is 5.75 Å². The maximum atomic E-state index is 15.7. The van der Waals surface area contributed by atoms with Crippen LogP contribution in [0.3, 0.4) is 0 Å². The Balaban J connectivity index is 1.36. The highest BCUT2D eigenvalue weighted by Crippen LogP contribution is 2.43. The van der Waals surface area contributed by atoms with E-state index in [1.165, 1.54) is 6.20 Å². The summed E-state index contributed by atoms with van der Waals surface area (Å²) in [7, 11) is 0. The first-order valence-electron chi connectivity index (χ1n) is 12.9. The van der Waals surface area contributed by atoms with Gasteiger partial charge in [0, 0.05) is 31.2 Å². The Kier molecular flexibility index (Phi) is 6.27. The molecule has 0 spiro atoms. The van der Waals surface area contributed by atoms with E-state index in [1.807, 2.05) is 42.2 Å². The van der Waals surface area contributed by atoms with Crippen molar-refractivity contribution in [2.24, 2.45) is 11.1 Å². The number of carboxylic acid groups (broad SMARTS) is 1. The molecule has 0 bridgehead atoms. The van der Waals surface area contributed by atoms with E-state index in [1.54, 1.807) is 4.57 Å². The lowest BCUT2D eigenvalue weighted by molar-refractivity contribution is 0.0694. The summed E-state index contributed by atoms with van der Waals surface area (Å²) in [6.07, 6.45) is 3.64. The fraction of sp³-hybridized carbons (Fsp3) is 0.393. The van der Waals surface area contributed by atoms with Gasteiger partial charge in [-0.05, 0) is 31.4 Å². The summed E-state index contributed by atoms with van der Waals surface area (Å²) < 4.78 is 23.5. The number of aromatic carboxylic acids is 1. The molecule has 3 aliphatic rings. The lowest BCUT2D eigenvalue weighted by Gasteiger charge is -2.31. The molecule has 0 radical (unpaired) electrons. The van der Waals surface area contributed by atoms with Gasteiger partial charge in [0.1, 0.15) is 24.5 Å². The molecule has 2 N–H and O–H groups in total. The van der Waals surface area contributed by atoms with Crippen LogP contribution in [-0.2, 0) is 11.4 Å². The summed E-state index contributed by atoms with van der Waals surface area (Å²) in [6.45, 7) is 3.97. The molecule has 10 heteroatoms. The molecule has 1 saturated heterocycles. The lowest BCUT2D eigenvalue weighted by atomic mass is 10.1. The molecular weight excluding hydrogens is 491 g/mol. The molecule has 2 fully saturated rings. The van der Waals surface area contributed by atoms with Crippen molar-refractivity contribution in [2.75, 3.05) is 31.1 Å². The van der Waals surface area contributed by atoms with Crippen LogP contribution in [0.5, 0.6) is 5.75 Å². The maximum absolute atomic E-state index is 15.7. The second-order valence-corrected chi connectivity index (χ2v) is 10.3. The molecule has 2 aromatic carbocycles. The van der Waals surface area contributed by atoms with E-state index in [0.29, 0.717) is 37.8 Å². The van der Waals surface area contributed by atoms with Crippen molar-refractivity contribution in [3.05, 3.63) is 69.8 Å². The van der Waals surface area contributed by atoms with E-state index < -0.39 is 17.2 Å². The molecule has 0 amide bonds. The minimum atomic E-state index is -1.34. The monoisotopic (exact) mass is 520 g/mol. The molecule has 1 saturated carbocycles. The number of oxime groups is 1. The highest BCUT2D eigenvalue weighted by atomic mass is 19.1. The number of pyridine rings is 1. The van der Waals surface area contributed by atoms with Gasteiger partial charge in [-0.15, -0.1) is 0 Å². The van der Waals surface area contributed by atoms with E-state index in [4.69, 9.17) is 9.57 Å². The summed E-state index contributed by atoms with van der Waals surface area (Å²) >= 11 is 0. The summed E-state index contributed by atoms with van der Waals surface area (Å²) in [4.78, 5) is 32.2. The Labute approximate surface area is 218 Å². The molecule has 6 rings (SSSR count). The molecule has 2 aliphatic heterocycles. The molecule has 3 heterocycles. The van der Waals surface area contributed by atoms with Crippen molar-refractivity contribution in [2.45, 2.75) is 38.5 Å². The zero-order valence-corrected chi connectivity index (χ0v) is 21.0. The van der Waals surface area contributed by atoms with Crippen molar-refractivity contribution in [1.29, 1.82) is 0 Å². The minimum absolute atomic E-state index is 0.000989. The Morgan fingerprint density at radius 1 is 1.29 bits per heavy atom. The van der Waals surface area contributed by atoms with E-state index in [-0.39, 0.29) is 41.0 Å². The number of nitrogens with zero attached hydrogens (tertiary/aromatic N) is 3. The Bertz CT molecular complexity index is 1480. The Morgan fingerprint density at radius 3 is 2.82 bits per heavy atom. The summed E-state index contributed by atoms with van der Waals surface area (Å²) in [5.41, 5.74) is 1.37. The van der Waals surface area contributed by atoms with Crippen molar-refractivity contribution in [3.63, 3.8) is 0 Å². The predicted molar refractivity (Wildman–Crippen MR) is 141 cm³/mol. The van der Waals surface area contributed by atoms with Crippen LogP contribution < -0.4 is 20.4 Å². The molecule has 3 aromatic rings. The van der Waals surface area contributed by atoms with E-state index >= 15 is 4.39 Å². The van der Waals surface area contributed by atoms with Crippen LogP contribution in [0.1, 0.15) is 41.7 Å². The smallest absolute Gasteiger partial charge is 0.341 e. The first-order valence-corrected chi connectivity index (χ1v) is 12.9. The van der Waals surface area contributed by atoms with E-state index in [2.05, 4.69) is 10.5 Å². The van der Waals surface area contributed by atoms with Crippen molar-refractivity contribution in [1.82, 2.24) is 9.88 Å². The quantitative estimate of drug-likeness (QED) is 0.438. The number of carbonyl (C=O) groups is 1. The molecule has 1 unspecified atom stereocenters. The molecule has 198 valence electrons. The number of nitrogens with one attached hydrogen (secondary N) is 1. The number of rotatable bonds is 8. The standard InChI is InChI=1S/C28H29FN4O5/c1-16-14-37-27-24-20(26(34)21(28(35)36)12-33(16)24)9-22(29)25(27)32-11-18(10-30-19-7-8-19)23(13-32)31-38-15-17-5-3-2-4-6-17/h2-6,9,12,16,18-19,30H,7-8,10-11,13-15H2,1H3,(H,35,36)/b31-23-/t16-,18?/m0/s1. The molecule has 2 atom stereocenters. The first-order chi connectivity index (χ1) is 18.4. The highest BCUT2D eigenvalue weighted by Gasteiger charge is 2.37. The molecular formula is C28H29FN4O5. The molecule has 9 nitrogen and oxygen atoms in total. The van der Waals surface area contributed by atoms with Gasteiger partial charge in [-0.1, -0.05) is 35.5 Å². The second-order valence-electron chi connectivity index (χ2n) is 10.3. The zero-order chi connectivity index (χ0) is 26.4. The Hall–Kier alpha value is -3.92. The van der Waals surface area contributed by atoms with Crippen LogP contribution in [0.15, 0.2) is 52.5 Å². The normalized spacial score (nSPS) is 21.6. The number of carboxylic acids is 1. The third-order valence-corrected chi connectivity index (χ3v) is 7.44. The minimum Gasteiger partial charge on any atom is -0.487 e. The fourth-order valence-corrected chi connectivity index (χ4v) is 5.24. The largest absolute Gasteiger partial charge is 0.487 e. The van der Waals surface area contributed by atoms with Gasteiger partial charge in [0.05, 0.1) is 29.2 Å². The van der Waals surface area contributed by atoms with Gasteiger partial charge in [-0.3, -0.25) is 4.79 Å². The third kappa shape index (κ3) is 4.49. The first kappa shape index (κ1) is 24.4. The van der Waals surface area contributed by atoms with Gasteiger partial charge in [0.2, 0.25) is 5.43 Å². The summed E-state index contributed by atoms with van der Waals surface area (Å²) in [5.74, 6) is -1.71. The van der Waals surface area contributed by atoms with Gasteiger partial charge >= 0.3 is 5.97 Å². The Morgan fingerprint density at radius 2 is 2.08 bits per heavy atom. The maximum Gasteiger partial charge on any atom is 0.341 e. The van der Waals surface area contributed by atoms with Gasteiger partial charge in [-0.25, -0.2) is 9.18 Å². The molecule has 1 aromatic heterocycles. The van der Waals surface area contributed by atoms with E-state index in [9.17, 15) is 14.7 Å². The summed E-state index contributed by atoms with van der Waals surface area (Å²) in [5, 5.41) is 17.5. The third-order valence-electron chi connectivity index (χ3n) is 7.44.